The van der Waals surface area contributed by atoms with Crippen molar-refractivity contribution in [3.8, 4) is 28.4 Å². The Morgan fingerprint density at radius 3 is 2.25 bits per heavy atom. The zero-order valence-electron chi connectivity index (χ0n) is 36.4. The molecule has 6 atom stereocenters. The highest BCUT2D eigenvalue weighted by Gasteiger charge is 2.64. The lowest BCUT2D eigenvalue weighted by Crippen LogP contribution is -2.64. The van der Waals surface area contributed by atoms with Gasteiger partial charge in [-0.3, -0.25) is 4.79 Å². The molecule has 10 heteroatoms. The van der Waals surface area contributed by atoms with E-state index in [0.29, 0.717) is 31.6 Å². The predicted molar refractivity (Wildman–Crippen MR) is 255 cm³/mol. The first-order chi connectivity index (χ1) is 31.4. The predicted octanol–water partition coefficient (Wildman–Crippen LogP) is 11.7. The smallest absolute Gasteiger partial charge is 0.231 e. The first-order valence-corrected chi connectivity index (χ1v) is 23.4. The molecular weight excluding hydrogens is 821 g/mol. The molecule has 1 amide bonds. The van der Waals surface area contributed by atoms with Gasteiger partial charge < -0.3 is 34.6 Å². The molecule has 8 rings (SSSR count). The third-order valence-corrected chi connectivity index (χ3v) is 13.8. The molecular formula is C54H58N2O7S. The Balaban J connectivity index is 1.25. The van der Waals surface area contributed by atoms with Crippen LogP contribution in [0.2, 0.25) is 0 Å². The highest BCUT2D eigenvalue weighted by atomic mass is 32.2. The van der Waals surface area contributed by atoms with Gasteiger partial charge in [-0.15, -0.1) is 18.3 Å². The molecule has 0 bridgehead atoms. The van der Waals surface area contributed by atoms with Crippen LogP contribution in [-0.2, 0) is 21.0 Å². The molecule has 9 nitrogen and oxygen atoms in total. The summed E-state index contributed by atoms with van der Waals surface area (Å²) in [6.45, 7) is 6.42. The van der Waals surface area contributed by atoms with Crippen LogP contribution in [0.3, 0.4) is 0 Å². The number of benzene rings is 5. The van der Waals surface area contributed by atoms with Crippen LogP contribution in [0.4, 0.5) is 5.69 Å². The van der Waals surface area contributed by atoms with Crippen molar-refractivity contribution in [2.75, 3.05) is 25.1 Å². The molecule has 0 saturated heterocycles. The van der Waals surface area contributed by atoms with Crippen LogP contribution in [0.25, 0.3) is 11.1 Å². The Morgan fingerprint density at radius 2 is 1.55 bits per heavy atom. The summed E-state index contributed by atoms with van der Waals surface area (Å²) in [4.78, 5) is 19.1. The number of nitrogens with one attached hydrogen (secondary N) is 1. The van der Waals surface area contributed by atoms with Gasteiger partial charge in [0.1, 0.15) is 23.9 Å². The van der Waals surface area contributed by atoms with Gasteiger partial charge in [-0.1, -0.05) is 103 Å². The number of allylic oxidation sites excluding steroid dienone is 1. The van der Waals surface area contributed by atoms with E-state index in [2.05, 4.69) is 48.3 Å². The molecule has 3 aliphatic rings. The Bertz CT molecular complexity index is 2390. The van der Waals surface area contributed by atoms with Crippen LogP contribution in [0.15, 0.2) is 162 Å². The van der Waals surface area contributed by atoms with E-state index in [9.17, 15) is 15.0 Å². The molecule has 1 saturated carbocycles. The Labute approximate surface area is 381 Å². The minimum atomic E-state index is -1.15. The van der Waals surface area contributed by atoms with E-state index >= 15 is 0 Å². The number of aliphatic hydroxyl groups excluding tert-OH is 2. The van der Waals surface area contributed by atoms with Crippen LogP contribution < -0.4 is 14.8 Å². The zero-order chi connectivity index (χ0) is 44.3. The average molecular weight is 879 g/mol. The summed E-state index contributed by atoms with van der Waals surface area (Å²) in [7, 11) is 0. The second-order valence-electron chi connectivity index (χ2n) is 16.8. The van der Waals surface area contributed by atoms with E-state index in [1.807, 2.05) is 97.1 Å². The molecule has 64 heavy (non-hydrogen) atoms. The molecule has 1 aliphatic heterocycles. The van der Waals surface area contributed by atoms with Gasteiger partial charge in [-0.2, -0.15) is 0 Å². The second-order valence-corrected chi connectivity index (χ2v) is 18.1. The molecule has 5 aromatic rings. The van der Waals surface area contributed by atoms with Crippen molar-refractivity contribution in [2.45, 2.75) is 80.3 Å². The summed E-state index contributed by atoms with van der Waals surface area (Å²) in [6.07, 6.45) is 9.57. The summed E-state index contributed by atoms with van der Waals surface area (Å²) in [5.41, 5.74) is 6.95. The molecule has 5 aromatic carbocycles. The van der Waals surface area contributed by atoms with Gasteiger partial charge >= 0.3 is 0 Å². The summed E-state index contributed by atoms with van der Waals surface area (Å²) in [5, 5.41) is 27.5. The van der Waals surface area contributed by atoms with Crippen molar-refractivity contribution in [2.24, 2.45) is 22.9 Å². The molecule has 3 N–H and O–H groups in total. The number of hydrogen-bond donors (Lipinski definition) is 3. The van der Waals surface area contributed by atoms with Crippen molar-refractivity contribution in [1.82, 2.24) is 0 Å². The standard InChI is InChI=1S/C54H58N2O7S/c1-3-32-60-54-51(64-45-27-22-42(23-28-45)55-37(2)59)35-49(56-61-36-38-14-6-4-7-15-38)47-33-41(18-10-12-30-57)46(19-11-13-31-58)52(53(47)54)48-34-44(26-29-50(48)63-54)62-43-24-20-40(21-25-43)39-16-8-5-9-17-39/h3-9,14-17,20-29,33-34,41,46,51-53,57-58H,1,10-13,18-19,30-32,35-36H2,2H3,(H,55,59)/t41-,46+,51-,52+,53+,54+/m0/s1. The number of carbonyl (C=O) groups excluding carboxylic acids is 1. The molecule has 0 unspecified atom stereocenters. The highest BCUT2D eigenvalue weighted by Crippen LogP contribution is 2.63. The third kappa shape index (κ3) is 10.3. The number of thioether (sulfide) groups is 1. The molecule has 0 aromatic heterocycles. The monoisotopic (exact) mass is 878 g/mol. The summed E-state index contributed by atoms with van der Waals surface area (Å²) < 4.78 is 21.2. The molecule has 1 heterocycles. The van der Waals surface area contributed by atoms with Crippen LogP contribution in [0.1, 0.15) is 68.9 Å². The number of amides is 1. The van der Waals surface area contributed by atoms with Gasteiger partial charge in [0.2, 0.25) is 11.7 Å². The fraction of sp³-hybridized carbons (Fsp3) is 0.333. The highest BCUT2D eigenvalue weighted by molar-refractivity contribution is 8.00. The Morgan fingerprint density at radius 1 is 0.859 bits per heavy atom. The van der Waals surface area contributed by atoms with E-state index in [1.165, 1.54) is 6.92 Å². The van der Waals surface area contributed by atoms with Crippen LogP contribution >= 0.6 is 11.8 Å². The molecule has 0 radical (unpaired) electrons. The lowest BCUT2D eigenvalue weighted by Gasteiger charge is -2.58. The summed E-state index contributed by atoms with van der Waals surface area (Å²) in [5.74, 6) is 0.773. The summed E-state index contributed by atoms with van der Waals surface area (Å²) >= 11 is 1.67. The Kier molecular flexibility index (Phi) is 15.0. The number of fused-ring (bicyclic) bond motifs is 2. The quantitative estimate of drug-likeness (QED) is 0.0402. The maximum atomic E-state index is 11.9. The first kappa shape index (κ1) is 44.9. The number of oxime groups is 1. The number of ether oxygens (including phenoxy) is 3. The number of hydrogen-bond acceptors (Lipinski definition) is 9. The SMILES string of the molecule is C=CCO[C@@]12Oc3ccc(Oc4ccc(-c5ccccc5)cc4)cc3[C@H]3[C@H](CCCCO)[C@@H](CCCCO)C=C(C(=NOCc4ccccc4)C[C@@H]1Sc1ccc(NC(C)=O)cc1)[C@H]32. The van der Waals surface area contributed by atoms with Gasteiger partial charge in [0, 0.05) is 48.6 Å². The normalized spacial score (nSPS) is 22.6. The second kappa shape index (κ2) is 21.4. The molecule has 2 aliphatic carbocycles. The van der Waals surface area contributed by atoms with Gasteiger partial charge in [0.15, 0.2) is 0 Å². The largest absolute Gasteiger partial charge is 0.460 e. The fourth-order valence-corrected chi connectivity index (χ4v) is 11.0. The van der Waals surface area contributed by atoms with Crippen molar-refractivity contribution in [3.63, 3.8) is 0 Å². The zero-order valence-corrected chi connectivity index (χ0v) is 37.3. The van der Waals surface area contributed by atoms with E-state index < -0.39 is 5.79 Å². The number of carbonyl (C=O) groups is 1. The van der Waals surface area contributed by atoms with Crippen molar-refractivity contribution in [3.05, 3.63) is 163 Å². The van der Waals surface area contributed by atoms with Crippen molar-refractivity contribution < 1.29 is 34.1 Å². The first-order valence-electron chi connectivity index (χ1n) is 22.5. The molecule has 332 valence electrons. The third-order valence-electron chi connectivity index (χ3n) is 12.5. The molecule has 0 spiro atoms. The lowest BCUT2D eigenvalue weighted by atomic mass is 9.56. The van der Waals surface area contributed by atoms with E-state index in [4.69, 9.17) is 24.2 Å². The van der Waals surface area contributed by atoms with Crippen LogP contribution in [0.5, 0.6) is 17.2 Å². The van der Waals surface area contributed by atoms with Gasteiger partial charge in [0.05, 0.1) is 23.5 Å². The van der Waals surface area contributed by atoms with Crippen molar-refractivity contribution in [1.29, 1.82) is 0 Å². The van der Waals surface area contributed by atoms with E-state index in [0.717, 1.165) is 81.3 Å². The Hall–Kier alpha value is -5.65. The maximum Gasteiger partial charge on any atom is 0.231 e. The van der Waals surface area contributed by atoms with Gasteiger partial charge in [-0.05, 0) is 114 Å². The minimum Gasteiger partial charge on any atom is -0.460 e. The van der Waals surface area contributed by atoms with Crippen LogP contribution in [-0.4, -0.2) is 52.7 Å². The summed E-state index contributed by atoms with van der Waals surface area (Å²) in [6, 6.07) is 42.5. The number of anilines is 1. The maximum absolute atomic E-state index is 11.9. The van der Waals surface area contributed by atoms with Crippen molar-refractivity contribution >= 4 is 29.1 Å². The number of aliphatic hydroxyl groups is 2. The number of rotatable bonds is 20. The lowest BCUT2D eigenvalue weighted by molar-refractivity contribution is -0.223. The average Bonchev–Trinajstić information content (AvgIpc) is 3.31. The topological polar surface area (TPSA) is 119 Å². The number of unbranched alkanes of at least 4 members (excludes halogenated alkanes) is 2. The van der Waals surface area contributed by atoms with Gasteiger partial charge in [0.25, 0.3) is 0 Å². The fourth-order valence-electron chi connectivity index (χ4n) is 9.71. The van der Waals surface area contributed by atoms with Gasteiger partial charge in [-0.25, -0.2) is 0 Å². The molecule has 1 fully saturated rings. The van der Waals surface area contributed by atoms with E-state index in [-0.39, 0.29) is 54.6 Å². The number of nitrogens with zero attached hydrogens (tertiary/aromatic N) is 1. The van der Waals surface area contributed by atoms with E-state index in [1.54, 1.807) is 17.8 Å². The minimum absolute atomic E-state index is 0.0970. The van der Waals surface area contributed by atoms with Crippen LogP contribution in [0, 0.1) is 17.8 Å².